The van der Waals surface area contributed by atoms with Crippen LogP contribution < -0.4 is 5.73 Å². The van der Waals surface area contributed by atoms with E-state index in [9.17, 15) is 34.4 Å². The van der Waals surface area contributed by atoms with Crippen LogP contribution in [0.4, 0.5) is 13.6 Å². The molecule has 0 aromatic carbocycles. The van der Waals surface area contributed by atoms with Crippen LogP contribution in [0.5, 0.6) is 0 Å². The van der Waals surface area contributed by atoms with E-state index in [2.05, 4.69) is 4.84 Å². The molecule has 5 rings (SSSR count). The topological polar surface area (TPSA) is 213 Å². The Morgan fingerprint density at radius 2 is 1.82 bits per heavy atom. The molecule has 0 spiro atoms. The highest BCUT2D eigenvalue weighted by Crippen LogP contribution is 2.72. The fourth-order valence-corrected chi connectivity index (χ4v) is 8.92. The number of fused-ring (bicyclic) bond motifs is 7. The maximum atomic E-state index is 17.6. The van der Waals surface area contributed by atoms with Gasteiger partial charge in [-0.1, -0.05) is 13.0 Å². The second kappa shape index (κ2) is 13.0. The minimum Gasteiger partial charge on any atom is -0.464 e. The van der Waals surface area contributed by atoms with Crippen LogP contribution in [0, 0.1) is 32.8 Å². The molecule has 272 valence electrons. The predicted octanol–water partition coefficient (Wildman–Crippen LogP) is 2.39. The predicted molar refractivity (Wildman–Crippen MR) is 160 cm³/mol. The number of hydrogen-bond acceptors (Lipinski definition) is 14. The number of ether oxygens (including phenoxy) is 5. The lowest BCUT2D eigenvalue weighted by Gasteiger charge is -2.63. The molecule has 4 fully saturated rings. The molecule has 0 aromatic heterocycles. The number of aliphatic hydroxyl groups is 1. The Balaban J connectivity index is 1.26. The molecular weight excluding hydrogens is 658 g/mol. The van der Waals surface area contributed by atoms with Crippen molar-refractivity contribution >= 4 is 23.7 Å². The van der Waals surface area contributed by atoms with Crippen molar-refractivity contribution in [1.82, 2.24) is 0 Å². The number of carbonyl (C=O) groups excluding carboxylic acids is 4. The lowest BCUT2D eigenvalue weighted by atomic mass is 9.44. The number of nitrogens with zero attached hydrogens (tertiary/aromatic N) is 1. The lowest BCUT2D eigenvalue weighted by molar-refractivity contribution is -0.757. The van der Waals surface area contributed by atoms with E-state index >= 15 is 8.78 Å². The molecule has 5 aliphatic rings. The molecule has 1 saturated heterocycles. The molecule has 4 aliphatic carbocycles. The van der Waals surface area contributed by atoms with Gasteiger partial charge in [0.15, 0.2) is 29.4 Å². The van der Waals surface area contributed by atoms with Crippen molar-refractivity contribution in [3.05, 3.63) is 33.9 Å². The van der Waals surface area contributed by atoms with Crippen LogP contribution in [0.25, 0.3) is 0 Å². The fraction of sp³-hybridized carbons (Fsp3) is 0.750. The fourth-order valence-electron chi connectivity index (χ4n) is 8.92. The van der Waals surface area contributed by atoms with Crippen molar-refractivity contribution < 1.29 is 66.7 Å². The largest absolute Gasteiger partial charge is 0.508 e. The molecule has 15 nitrogen and oxygen atoms in total. The summed E-state index contributed by atoms with van der Waals surface area (Å²) in [6.45, 7) is 4.53. The summed E-state index contributed by atoms with van der Waals surface area (Å²) >= 11 is 0. The highest BCUT2D eigenvalue weighted by atomic mass is 19.1. The van der Waals surface area contributed by atoms with Crippen molar-refractivity contribution in [3.8, 4) is 0 Å². The van der Waals surface area contributed by atoms with E-state index in [1.165, 1.54) is 19.1 Å². The van der Waals surface area contributed by atoms with Gasteiger partial charge in [-0.15, -0.1) is 10.1 Å². The normalized spacial score (nSPS) is 39.0. The van der Waals surface area contributed by atoms with E-state index in [1.54, 1.807) is 20.8 Å². The first-order valence-electron chi connectivity index (χ1n) is 16.2. The van der Waals surface area contributed by atoms with Gasteiger partial charge in [0.1, 0.15) is 18.8 Å². The summed E-state index contributed by atoms with van der Waals surface area (Å²) in [6.07, 6.45) is -2.09. The maximum Gasteiger partial charge on any atom is 0.508 e. The van der Waals surface area contributed by atoms with Crippen LogP contribution >= 0.6 is 0 Å². The molecule has 0 radical (unpaired) electrons. The van der Waals surface area contributed by atoms with Crippen molar-refractivity contribution in [1.29, 1.82) is 0 Å². The van der Waals surface area contributed by atoms with Crippen molar-refractivity contribution in [2.75, 3.05) is 26.4 Å². The highest BCUT2D eigenvalue weighted by Gasteiger charge is 2.80. The van der Waals surface area contributed by atoms with Crippen molar-refractivity contribution in [2.45, 2.75) is 101 Å². The average molecular weight is 701 g/mol. The molecule has 1 heterocycles. The van der Waals surface area contributed by atoms with Crippen LogP contribution in [0.15, 0.2) is 23.8 Å². The van der Waals surface area contributed by atoms with E-state index in [0.29, 0.717) is 0 Å². The van der Waals surface area contributed by atoms with Crippen LogP contribution in [0.1, 0.15) is 59.8 Å². The summed E-state index contributed by atoms with van der Waals surface area (Å²) in [5.41, 5.74) is -1.45. The van der Waals surface area contributed by atoms with Gasteiger partial charge in [-0.2, -0.15) is 0 Å². The van der Waals surface area contributed by atoms with E-state index in [-0.39, 0.29) is 50.9 Å². The third-order valence-electron chi connectivity index (χ3n) is 11.0. The molecular formula is C32H42F2N2O13. The zero-order chi connectivity index (χ0) is 36.2. The number of carbonyl (C=O) groups is 4. The average Bonchev–Trinajstić information content (AvgIpc) is 3.43. The molecule has 49 heavy (non-hydrogen) atoms. The number of halogens is 2. The molecule has 0 amide bonds. The van der Waals surface area contributed by atoms with Crippen LogP contribution in [0.2, 0.25) is 0 Å². The number of aliphatic hydroxyl groups excluding tert-OH is 1. The van der Waals surface area contributed by atoms with Crippen LogP contribution in [-0.2, 0) is 42.9 Å². The van der Waals surface area contributed by atoms with Crippen molar-refractivity contribution in [2.24, 2.45) is 28.4 Å². The molecule has 0 bridgehead atoms. The van der Waals surface area contributed by atoms with E-state index in [4.69, 9.17) is 29.4 Å². The second-order valence-corrected chi connectivity index (χ2v) is 14.2. The minimum absolute atomic E-state index is 0.0285. The standard InChI is InChI=1S/C32H42F2N2O13/c1-28(2)48-25-13-18-19-12-21(33)20-11-17(37)7-8-29(20,3)31(19,34)23(38)14-30(18,4)32(25,49-28)24(39)16-46-27(41)45-15-22(35)26(40)44-9-5-6-10-47-36(42)43/h7-8,11,18-19,21-23,25,38H,5-6,9-10,12-16,35H2,1-4H3/t18-,19-,21-,22+,23-,25+,29-,30-,31-,32-/m0/s1. The van der Waals surface area contributed by atoms with Crippen LogP contribution in [-0.4, -0.2) is 102 Å². The number of Topliss-reactive ketones (excluding diaryl/α,β-unsaturated/α-hetero) is 1. The van der Waals surface area contributed by atoms with Gasteiger partial charge in [0.25, 0.3) is 5.09 Å². The number of nitrogens with two attached hydrogens (primary N) is 1. The number of rotatable bonds is 12. The number of ketones is 2. The van der Waals surface area contributed by atoms with Gasteiger partial charge in [-0.25, -0.2) is 13.6 Å². The van der Waals surface area contributed by atoms with Gasteiger partial charge in [0.2, 0.25) is 5.78 Å². The number of hydrogen-bond donors (Lipinski definition) is 2. The number of esters is 1. The monoisotopic (exact) mass is 700 g/mol. The van der Waals surface area contributed by atoms with Gasteiger partial charge in [0.05, 0.1) is 25.4 Å². The quantitative estimate of drug-likeness (QED) is 0.130. The van der Waals surface area contributed by atoms with Gasteiger partial charge < -0.3 is 39.4 Å². The maximum absolute atomic E-state index is 17.6. The van der Waals surface area contributed by atoms with Crippen LogP contribution in [0.3, 0.4) is 0 Å². The Kier molecular flexibility index (Phi) is 9.72. The molecule has 17 heteroatoms. The summed E-state index contributed by atoms with van der Waals surface area (Å²) < 4.78 is 60.8. The Morgan fingerprint density at radius 3 is 2.51 bits per heavy atom. The summed E-state index contributed by atoms with van der Waals surface area (Å²) in [5, 5.41) is 20.8. The minimum atomic E-state index is -2.38. The van der Waals surface area contributed by atoms with Gasteiger partial charge in [-0.3, -0.25) is 14.4 Å². The second-order valence-electron chi connectivity index (χ2n) is 14.2. The molecule has 10 atom stereocenters. The SMILES string of the molecule is CC1(C)O[C@@H]2C[C@H]3[C@@H]4C[C@H](F)C5=CC(=O)C=C[C@]5(C)[C@@]4(F)[C@@H](O)C[C@]3(C)[C@@]2(C(=O)COC(=O)OC[C@@H](N)C(=O)OCCCCO[N+](=O)[O-])O1. The molecule has 0 aromatic rings. The Labute approximate surface area is 280 Å². The van der Waals surface area contributed by atoms with Gasteiger partial charge in [0, 0.05) is 16.7 Å². The highest BCUT2D eigenvalue weighted by molar-refractivity contribution is 6.01. The van der Waals surface area contributed by atoms with E-state index in [0.717, 1.165) is 6.08 Å². The number of alkyl halides is 2. The Hall–Kier alpha value is -3.54. The summed E-state index contributed by atoms with van der Waals surface area (Å²) in [6, 6.07) is -1.39. The summed E-state index contributed by atoms with van der Waals surface area (Å²) in [4.78, 5) is 65.1. The Bertz CT molecular complexity index is 1460. The van der Waals surface area contributed by atoms with Gasteiger partial charge in [-0.05, 0) is 76.5 Å². The third-order valence-corrected chi connectivity index (χ3v) is 11.0. The third kappa shape index (κ3) is 6.01. The van der Waals surface area contributed by atoms with Gasteiger partial charge >= 0.3 is 12.1 Å². The first-order chi connectivity index (χ1) is 22.8. The number of allylic oxidation sites excluding steroid dienone is 4. The summed E-state index contributed by atoms with van der Waals surface area (Å²) in [5.74, 6) is -5.22. The van der Waals surface area contributed by atoms with E-state index in [1.807, 2.05) is 0 Å². The summed E-state index contributed by atoms with van der Waals surface area (Å²) in [7, 11) is 0. The Morgan fingerprint density at radius 1 is 1.12 bits per heavy atom. The van der Waals surface area contributed by atoms with E-state index < -0.39 is 106 Å². The number of unbranched alkanes of at least 4 members (excludes halogenated alkanes) is 1. The zero-order valence-corrected chi connectivity index (χ0v) is 27.7. The smallest absolute Gasteiger partial charge is 0.464 e. The molecule has 3 N–H and O–H groups in total. The molecule has 1 aliphatic heterocycles. The first kappa shape index (κ1) is 36.7. The van der Waals surface area contributed by atoms with Crippen molar-refractivity contribution in [3.63, 3.8) is 0 Å². The lowest BCUT2D eigenvalue weighted by Crippen LogP contribution is -2.71. The first-order valence-corrected chi connectivity index (χ1v) is 16.2. The zero-order valence-electron chi connectivity index (χ0n) is 27.7. The molecule has 0 unspecified atom stereocenters. The molecule has 3 saturated carbocycles.